The smallest absolute Gasteiger partial charge is 0.196 e. The minimum absolute atomic E-state index is 0.0678. The summed E-state index contributed by atoms with van der Waals surface area (Å²) in [5.41, 5.74) is 1.71. The van der Waals surface area contributed by atoms with E-state index >= 15 is 0 Å². The number of hydrogen-bond acceptors (Lipinski definition) is 5. The Bertz CT molecular complexity index is 934. The molecule has 0 amide bonds. The Balaban J connectivity index is 1.59. The maximum absolute atomic E-state index is 12.8. The first-order valence-electron chi connectivity index (χ1n) is 9.03. The molecule has 27 heavy (non-hydrogen) atoms. The monoisotopic (exact) mass is 379 g/mol. The second kappa shape index (κ2) is 7.56. The van der Waals surface area contributed by atoms with Crippen LogP contribution >= 0.6 is 11.8 Å². The number of ether oxygens (including phenoxy) is 1. The van der Waals surface area contributed by atoms with Gasteiger partial charge in [-0.3, -0.25) is 9.36 Å². The van der Waals surface area contributed by atoms with Crippen molar-refractivity contribution >= 4 is 17.5 Å². The van der Waals surface area contributed by atoms with E-state index in [1.165, 1.54) is 11.8 Å². The molecule has 3 aromatic rings. The highest BCUT2D eigenvalue weighted by Gasteiger charge is 2.32. The summed E-state index contributed by atoms with van der Waals surface area (Å²) in [5.74, 6) is 2.27. The van der Waals surface area contributed by atoms with E-state index in [2.05, 4.69) is 26.9 Å². The van der Waals surface area contributed by atoms with Gasteiger partial charge in [0, 0.05) is 17.2 Å². The molecule has 1 aromatic heterocycles. The van der Waals surface area contributed by atoms with E-state index in [1.54, 1.807) is 19.2 Å². The number of carbonyl (C=O) groups excluding carboxylic acids is 1. The average molecular weight is 379 g/mol. The number of methoxy groups -OCH3 is 1. The van der Waals surface area contributed by atoms with Gasteiger partial charge in [0.2, 0.25) is 0 Å². The van der Waals surface area contributed by atoms with Crippen molar-refractivity contribution in [2.24, 2.45) is 0 Å². The summed E-state index contributed by atoms with van der Waals surface area (Å²) in [6, 6.07) is 17.3. The molecule has 2 aromatic carbocycles. The summed E-state index contributed by atoms with van der Waals surface area (Å²) in [5, 5.41) is 9.32. The molecule has 138 valence electrons. The zero-order chi connectivity index (χ0) is 18.8. The quantitative estimate of drug-likeness (QED) is 0.446. The van der Waals surface area contributed by atoms with E-state index in [0.717, 1.165) is 35.3 Å². The van der Waals surface area contributed by atoms with Crippen molar-refractivity contribution in [3.63, 3.8) is 0 Å². The van der Waals surface area contributed by atoms with Crippen molar-refractivity contribution in [3.8, 4) is 11.4 Å². The lowest BCUT2D eigenvalue weighted by atomic mass is 10.1. The topological polar surface area (TPSA) is 57.0 Å². The number of benzene rings is 2. The molecule has 0 spiro atoms. The lowest BCUT2D eigenvalue weighted by molar-refractivity contribution is 0.0994. The van der Waals surface area contributed by atoms with Crippen LogP contribution in [0.5, 0.6) is 5.75 Å². The van der Waals surface area contributed by atoms with E-state index in [4.69, 9.17) is 4.74 Å². The first-order valence-corrected chi connectivity index (χ1v) is 9.91. The Labute approximate surface area is 162 Å². The van der Waals surface area contributed by atoms with Crippen LogP contribution in [-0.2, 0) is 0 Å². The zero-order valence-electron chi connectivity index (χ0n) is 15.3. The minimum Gasteiger partial charge on any atom is -0.497 e. The summed E-state index contributed by atoms with van der Waals surface area (Å²) in [7, 11) is 1.61. The number of rotatable bonds is 7. The molecule has 0 N–H and O–H groups in total. The third-order valence-electron chi connectivity index (χ3n) is 4.64. The first-order chi connectivity index (χ1) is 13.2. The minimum atomic E-state index is -0.267. The van der Waals surface area contributed by atoms with Gasteiger partial charge in [0.1, 0.15) is 11.6 Å². The molecule has 0 radical (unpaired) electrons. The van der Waals surface area contributed by atoms with Crippen LogP contribution in [0.3, 0.4) is 0 Å². The van der Waals surface area contributed by atoms with Crippen LogP contribution in [0.25, 0.3) is 5.69 Å². The van der Waals surface area contributed by atoms with Crippen LogP contribution in [0.4, 0.5) is 0 Å². The number of hydrogen-bond donors (Lipinski definition) is 0. The number of ketones is 1. The highest BCUT2D eigenvalue weighted by molar-refractivity contribution is 8.00. The van der Waals surface area contributed by atoms with Crippen molar-refractivity contribution < 1.29 is 9.53 Å². The van der Waals surface area contributed by atoms with E-state index < -0.39 is 0 Å². The number of thioether (sulfide) groups is 1. The van der Waals surface area contributed by atoms with Gasteiger partial charge in [0.25, 0.3) is 0 Å². The van der Waals surface area contributed by atoms with Crippen LogP contribution in [-0.4, -0.2) is 32.9 Å². The molecule has 1 saturated carbocycles. The third kappa shape index (κ3) is 3.76. The van der Waals surface area contributed by atoms with Gasteiger partial charge in [-0.05, 0) is 56.2 Å². The van der Waals surface area contributed by atoms with E-state index in [0.29, 0.717) is 11.5 Å². The van der Waals surface area contributed by atoms with Gasteiger partial charge in [0.15, 0.2) is 10.9 Å². The number of nitrogens with zero attached hydrogens (tertiary/aromatic N) is 3. The van der Waals surface area contributed by atoms with E-state index in [9.17, 15) is 4.79 Å². The molecule has 0 bridgehead atoms. The highest BCUT2D eigenvalue weighted by Crippen LogP contribution is 2.41. The van der Waals surface area contributed by atoms with Crippen LogP contribution in [0, 0.1) is 0 Å². The Kier molecular flexibility index (Phi) is 4.99. The fourth-order valence-electron chi connectivity index (χ4n) is 2.98. The SMILES string of the molecule is COc1ccc(C(=O)C(C)Sc2nnc(C3CC3)n2-c2ccccc2)cc1. The number of para-hydroxylation sites is 1. The molecule has 0 aliphatic heterocycles. The number of carbonyl (C=O) groups is 1. The molecule has 4 rings (SSSR count). The number of Topliss-reactive ketones (excluding diaryl/α,β-unsaturated/α-hetero) is 1. The van der Waals surface area contributed by atoms with Crippen molar-refractivity contribution in [1.29, 1.82) is 0 Å². The van der Waals surface area contributed by atoms with Crippen molar-refractivity contribution in [3.05, 3.63) is 66.0 Å². The normalized spacial score (nSPS) is 14.7. The fourth-order valence-corrected chi connectivity index (χ4v) is 3.94. The summed E-state index contributed by atoms with van der Waals surface area (Å²) in [6.07, 6.45) is 2.30. The van der Waals surface area contributed by atoms with E-state index in [-0.39, 0.29) is 11.0 Å². The molecule has 1 aliphatic rings. The van der Waals surface area contributed by atoms with Gasteiger partial charge >= 0.3 is 0 Å². The van der Waals surface area contributed by atoms with Crippen LogP contribution in [0.1, 0.15) is 41.9 Å². The molecule has 5 nitrogen and oxygen atoms in total. The van der Waals surface area contributed by atoms with Crippen molar-refractivity contribution in [2.45, 2.75) is 36.1 Å². The Hall–Kier alpha value is -2.60. The molecule has 0 saturated heterocycles. The van der Waals surface area contributed by atoms with E-state index in [1.807, 2.05) is 37.3 Å². The van der Waals surface area contributed by atoms with Crippen LogP contribution in [0.15, 0.2) is 59.8 Å². The van der Waals surface area contributed by atoms with Gasteiger partial charge in [-0.1, -0.05) is 30.0 Å². The summed E-state index contributed by atoms with van der Waals surface area (Å²) in [6.45, 7) is 1.91. The molecule has 1 atom stereocenters. The molecular formula is C21H21N3O2S. The molecule has 1 unspecified atom stereocenters. The van der Waals surface area contributed by atoms with Gasteiger partial charge < -0.3 is 4.74 Å². The lowest BCUT2D eigenvalue weighted by Crippen LogP contribution is -2.14. The highest BCUT2D eigenvalue weighted by atomic mass is 32.2. The maximum atomic E-state index is 12.8. The molecule has 1 heterocycles. The van der Waals surface area contributed by atoms with Gasteiger partial charge in [-0.25, -0.2) is 0 Å². The predicted molar refractivity (Wildman–Crippen MR) is 106 cm³/mol. The molecule has 1 aliphatic carbocycles. The van der Waals surface area contributed by atoms with Crippen molar-refractivity contribution in [2.75, 3.05) is 7.11 Å². The van der Waals surface area contributed by atoms with Crippen LogP contribution in [0.2, 0.25) is 0 Å². The first kappa shape index (κ1) is 17.8. The van der Waals surface area contributed by atoms with Crippen LogP contribution < -0.4 is 4.74 Å². The second-order valence-electron chi connectivity index (χ2n) is 6.64. The Morgan fingerprint density at radius 2 is 1.81 bits per heavy atom. The standard InChI is InChI=1S/C21H21N3O2S/c1-14(19(25)15-10-12-18(26-2)13-11-15)27-21-23-22-20(16-8-9-16)24(21)17-6-4-3-5-7-17/h3-7,10-14,16H,8-9H2,1-2H3. The average Bonchev–Trinajstić information content (AvgIpc) is 3.48. The Morgan fingerprint density at radius 1 is 1.11 bits per heavy atom. The molecule has 6 heteroatoms. The maximum Gasteiger partial charge on any atom is 0.196 e. The summed E-state index contributed by atoms with van der Waals surface area (Å²) < 4.78 is 7.26. The zero-order valence-corrected chi connectivity index (χ0v) is 16.1. The van der Waals surface area contributed by atoms with Gasteiger partial charge in [-0.15, -0.1) is 10.2 Å². The summed E-state index contributed by atoms with van der Waals surface area (Å²) >= 11 is 1.45. The van der Waals surface area contributed by atoms with Crippen molar-refractivity contribution in [1.82, 2.24) is 14.8 Å². The summed E-state index contributed by atoms with van der Waals surface area (Å²) in [4.78, 5) is 12.8. The fraction of sp³-hybridized carbons (Fsp3) is 0.286. The third-order valence-corrected chi connectivity index (χ3v) is 5.68. The Morgan fingerprint density at radius 3 is 2.44 bits per heavy atom. The van der Waals surface area contributed by atoms with Gasteiger partial charge in [0.05, 0.1) is 12.4 Å². The molecule has 1 fully saturated rings. The lowest BCUT2D eigenvalue weighted by Gasteiger charge is -2.13. The largest absolute Gasteiger partial charge is 0.497 e. The van der Waals surface area contributed by atoms with Gasteiger partial charge in [-0.2, -0.15) is 0 Å². The second-order valence-corrected chi connectivity index (χ2v) is 7.95. The predicted octanol–water partition coefficient (Wildman–Crippen LogP) is 4.52. The number of aromatic nitrogens is 3. The molecular weight excluding hydrogens is 358 g/mol.